The maximum absolute atomic E-state index is 13.3. The molecular weight excluding hydrogens is 343 g/mol. The first-order chi connectivity index (χ1) is 11.9. The fraction of sp³-hybridized carbons (Fsp3) is 0.222. The van der Waals surface area contributed by atoms with Crippen LogP contribution in [0.15, 0.2) is 42.7 Å². The number of amides is 1. The minimum Gasteiger partial charge on any atom is -0.349 e. The Kier molecular flexibility index (Phi) is 5.01. The molecule has 2 aromatic heterocycles. The molecule has 0 spiro atoms. The maximum atomic E-state index is 13.3. The smallest absolute Gasteiger partial charge is 0.271 e. The Balaban J connectivity index is 1.83. The summed E-state index contributed by atoms with van der Waals surface area (Å²) in [7, 11) is 3.89. The van der Waals surface area contributed by atoms with Gasteiger partial charge in [-0.15, -0.1) is 0 Å². The number of rotatable bonds is 5. The largest absolute Gasteiger partial charge is 0.349 e. The van der Waals surface area contributed by atoms with Crippen LogP contribution in [0, 0.1) is 5.82 Å². The van der Waals surface area contributed by atoms with Gasteiger partial charge in [0, 0.05) is 25.5 Å². The van der Waals surface area contributed by atoms with Crippen molar-refractivity contribution >= 4 is 23.2 Å². The van der Waals surface area contributed by atoms with Crippen LogP contribution in [-0.4, -0.2) is 47.4 Å². The Labute approximate surface area is 150 Å². The molecule has 2 heterocycles. The van der Waals surface area contributed by atoms with E-state index in [9.17, 15) is 9.18 Å². The summed E-state index contributed by atoms with van der Waals surface area (Å²) in [6.45, 7) is 1.31. The molecule has 1 N–H and O–H groups in total. The number of nitrogens with zero attached hydrogens (tertiary/aromatic N) is 3. The highest BCUT2D eigenvalue weighted by atomic mass is 35.5. The number of hydrogen-bond acceptors (Lipinski definition) is 3. The second-order valence-corrected chi connectivity index (χ2v) is 6.40. The minimum atomic E-state index is -0.453. The third-order valence-corrected chi connectivity index (χ3v) is 4.07. The molecule has 0 aliphatic heterocycles. The maximum Gasteiger partial charge on any atom is 0.271 e. The van der Waals surface area contributed by atoms with E-state index in [4.69, 9.17) is 11.6 Å². The van der Waals surface area contributed by atoms with Gasteiger partial charge >= 0.3 is 0 Å². The fourth-order valence-corrected chi connectivity index (χ4v) is 2.61. The molecule has 0 fully saturated rings. The second kappa shape index (κ2) is 7.21. The van der Waals surface area contributed by atoms with Crippen molar-refractivity contribution in [3.63, 3.8) is 0 Å². The van der Waals surface area contributed by atoms with E-state index in [-0.39, 0.29) is 10.9 Å². The van der Waals surface area contributed by atoms with Gasteiger partial charge in [-0.1, -0.05) is 17.7 Å². The van der Waals surface area contributed by atoms with E-state index in [1.165, 1.54) is 6.07 Å². The lowest BCUT2D eigenvalue weighted by atomic mass is 10.1. The Hall–Kier alpha value is -2.44. The van der Waals surface area contributed by atoms with Crippen molar-refractivity contribution in [2.45, 2.75) is 0 Å². The van der Waals surface area contributed by atoms with Crippen molar-refractivity contribution in [3.05, 3.63) is 59.3 Å². The van der Waals surface area contributed by atoms with Crippen molar-refractivity contribution in [1.82, 2.24) is 19.6 Å². The van der Waals surface area contributed by atoms with E-state index in [2.05, 4.69) is 10.3 Å². The van der Waals surface area contributed by atoms with Gasteiger partial charge in [0.25, 0.3) is 5.91 Å². The number of carbonyl (C=O) groups is 1. The van der Waals surface area contributed by atoms with Crippen LogP contribution in [0.1, 0.15) is 10.5 Å². The van der Waals surface area contributed by atoms with Gasteiger partial charge in [-0.05, 0) is 49.5 Å². The van der Waals surface area contributed by atoms with Crippen molar-refractivity contribution in [3.8, 4) is 11.1 Å². The standard InChI is InChI=1S/C18H18ClFN4O/c1-23(2)8-7-21-18(25)16-11-24-10-13(4-6-17(24)22-16)12-3-5-15(20)14(19)9-12/h3-6,9-11H,7-8H2,1-2H3,(H,21,25). The molecule has 0 atom stereocenters. The fourth-order valence-electron chi connectivity index (χ4n) is 2.43. The summed E-state index contributed by atoms with van der Waals surface area (Å²) in [5.41, 5.74) is 2.66. The van der Waals surface area contributed by atoms with Gasteiger partial charge < -0.3 is 14.6 Å². The summed E-state index contributed by atoms with van der Waals surface area (Å²) >= 11 is 5.85. The van der Waals surface area contributed by atoms with E-state index < -0.39 is 5.82 Å². The highest BCUT2D eigenvalue weighted by molar-refractivity contribution is 6.31. The zero-order valence-electron chi connectivity index (χ0n) is 14.0. The third kappa shape index (κ3) is 3.97. The predicted octanol–water partition coefficient (Wildman–Crippen LogP) is 3.09. The number of imidazole rings is 1. The van der Waals surface area contributed by atoms with Crippen LogP contribution in [0.25, 0.3) is 16.8 Å². The monoisotopic (exact) mass is 360 g/mol. The molecule has 0 unspecified atom stereocenters. The van der Waals surface area contributed by atoms with E-state index >= 15 is 0 Å². The highest BCUT2D eigenvalue weighted by Crippen LogP contribution is 2.25. The Morgan fingerprint density at radius 2 is 2.00 bits per heavy atom. The quantitative estimate of drug-likeness (QED) is 0.760. The lowest BCUT2D eigenvalue weighted by Gasteiger charge is -2.09. The number of benzene rings is 1. The molecule has 1 amide bonds. The van der Waals surface area contributed by atoms with Gasteiger partial charge in [0.05, 0.1) is 5.02 Å². The normalized spacial score (nSPS) is 11.2. The molecule has 0 aliphatic rings. The van der Waals surface area contributed by atoms with Gasteiger partial charge in [0.15, 0.2) is 0 Å². The molecule has 0 saturated carbocycles. The van der Waals surface area contributed by atoms with Gasteiger partial charge in [-0.3, -0.25) is 4.79 Å². The number of halogens is 2. The first-order valence-electron chi connectivity index (χ1n) is 7.81. The van der Waals surface area contributed by atoms with Crippen molar-refractivity contribution in [2.24, 2.45) is 0 Å². The number of pyridine rings is 1. The zero-order chi connectivity index (χ0) is 18.0. The summed E-state index contributed by atoms with van der Waals surface area (Å²) in [4.78, 5) is 18.5. The first kappa shape index (κ1) is 17.4. The van der Waals surface area contributed by atoms with E-state index in [1.54, 1.807) is 22.7 Å². The molecule has 5 nitrogen and oxygen atoms in total. The van der Waals surface area contributed by atoms with E-state index in [0.29, 0.717) is 17.9 Å². The Morgan fingerprint density at radius 3 is 2.72 bits per heavy atom. The summed E-state index contributed by atoms with van der Waals surface area (Å²) in [5.74, 6) is -0.664. The summed E-state index contributed by atoms with van der Waals surface area (Å²) in [6, 6.07) is 8.24. The molecule has 3 rings (SSSR count). The minimum absolute atomic E-state index is 0.0733. The zero-order valence-corrected chi connectivity index (χ0v) is 14.7. The van der Waals surface area contributed by atoms with Gasteiger partial charge in [0.1, 0.15) is 17.2 Å². The number of fused-ring (bicyclic) bond motifs is 1. The van der Waals surface area contributed by atoms with Crippen LogP contribution in [0.2, 0.25) is 5.02 Å². The van der Waals surface area contributed by atoms with Crippen LogP contribution in [-0.2, 0) is 0 Å². The molecule has 1 aromatic carbocycles. The molecule has 25 heavy (non-hydrogen) atoms. The number of likely N-dealkylation sites (N-methyl/N-ethyl adjacent to an activating group) is 1. The van der Waals surface area contributed by atoms with Crippen LogP contribution >= 0.6 is 11.6 Å². The molecule has 0 bridgehead atoms. The van der Waals surface area contributed by atoms with Crippen LogP contribution < -0.4 is 5.32 Å². The van der Waals surface area contributed by atoms with Gasteiger partial charge in [0.2, 0.25) is 0 Å². The Morgan fingerprint density at radius 1 is 1.24 bits per heavy atom. The molecule has 3 aromatic rings. The molecule has 7 heteroatoms. The predicted molar refractivity (Wildman–Crippen MR) is 96.5 cm³/mol. The summed E-state index contributed by atoms with van der Waals surface area (Å²) in [6.07, 6.45) is 3.51. The molecule has 0 saturated heterocycles. The average Bonchev–Trinajstić information content (AvgIpc) is 3.00. The van der Waals surface area contributed by atoms with Crippen LogP contribution in [0.3, 0.4) is 0 Å². The lowest BCUT2D eigenvalue weighted by Crippen LogP contribution is -2.31. The number of carbonyl (C=O) groups excluding carboxylic acids is 1. The topological polar surface area (TPSA) is 49.6 Å². The first-order valence-corrected chi connectivity index (χ1v) is 8.19. The summed E-state index contributed by atoms with van der Waals surface area (Å²) < 4.78 is 15.1. The lowest BCUT2D eigenvalue weighted by molar-refractivity contribution is 0.0946. The SMILES string of the molecule is CN(C)CCNC(=O)c1cn2cc(-c3ccc(F)c(Cl)c3)ccc2n1. The van der Waals surface area contributed by atoms with Crippen LogP contribution in [0.5, 0.6) is 0 Å². The number of nitrogens with one attached hydrogen (secondary N) is 1. The van der Waals surface area contributed by atoms with Crippen LogP contribution in [0.4, 0.5) is 4.39 Å². The highest BCUT2D eigenvalue weighted by Gasteiger charge is 2.11. The van der Waals surface area contributed by atoms with E-state index in [0.717, 1.165) is 17.7 Å². The molecule has 130 valence electrons. The van der Waals surface area contributed by atoms with E-state index in [1.807, 2.05) is 37.3 Å². The molecule has 0 radical (unpaired) electrons. The third-order valence-electron chi connectivity index (χ3n) is 3.78. The van der Waals surface area contributed by atoms with Crippen molar-refractivity contribution in [1.29, 1.82) is 0 Å². The molecule has 0 aliphatic carbocycles. The number of hydrogen-bond donors (Lipinski definition) is 1. The number of aromatic nitrogens is 2. The average molecular weight is 361 g/mol. The van der Waals surface area contributed by atoms with Gasteiger partial charge in [-0.25, -0.2) is 9.37 Å². The van der Waals surface area contributed by atoms with Gasteiger partial charge in [-0.2, -0.15) is 0 Å². The molecular formula is C18H18ClFN4O. The second-order valence-electron chi connectivity index (χ2n) is 6.00. The van der Waals surface area contributed by atoms with Crippen molar-refractivity contribution < 1.29 is 9.18 Å². The van der Waals surface area contributed by atoms with Crippen molar-refractivity contribution in [2.75, 3.05) is 27.2 Å². The Bertz CT molecular complexity index is 923. The summed E-state index contributed by atoms with van der Waals surface area (Å²) in [5, 5.41) is 2.91.